The first kappa shape index (κ1) is 22.5. The monoisotopic (exact) mass is 465 g/mol. The standard InChI is InChI=1S/C24H23N3O5S/c1-15-20(27-24(30)31-15)22(28)26-19(12-18-13-33-14-25-18)23(29)32-21(16-8-4-2-5-9-16)17-10-6-3-7-11-17/h2-11,13-15,19-21H,12H2,1H3,(H,26,28)(H,27,30)/t15-,19-,20-/m0/s1. The first-order chi connectivity index (χ1) is 16.0. The van der Waals surface area contributed by atoms with Gasteiger partial charge in [-0.15, -0.1) is 11.3 Å². The van der Waals surface area contributed by atoms with Crippen molar-refractivity contribution in [3.8, 4) is 0 Å². The van der Waals surface area contributed by atoms with Crippen LogP contribution < -0.4 is 10.6 Å². The Morgan fingerprint density at radius 1 is 1.12 bits per heavy atom. The highest BCUT2D eigenvalue weighted by molar-refractivity contribution is 7.07. The van der Waals surface area contributed by atoms with Gasteiger partial charge in [-0.3, -0.25) is 4.79 Å². The number of aromatic nitrogens is 1. The fourth-order valence-electron chi connectivity index (χ4n) is 3.58. The Labute approximate surface area is 194 Å². The molecule has 3 aromatic rings. The summed E-state index contributed by atoms with van der Waals surface area (Å²) in [6, 6.07) is 16.9. The van der Waals surface area contributed by atoms with Crippen LogP contribution in [0.5, 0.6) is 0 Å². The van der Waals surface area contributed by atoms with Crippen molar-refractivity contribution in [1.29, 1.82) is 0 Å². The van der Waals surface area contributed by atoms with Gasteiger partial charge in [0.2, 0.25) is 5.91 Å². The number of hydrogen-bond acceptors (Lipinski definition) is 7. The van der Waals surface area contributed by atoms with Crippen molar-refractivity contribution in [2.45, 2.75) is 37.6 Å². The number of carbonyl (C=O) groups is 3. The Bertz CT molecular complexity index is 1050. The average molecular weight is 466 g/mol. The molecular formula is C24H23N3O5S. The van der Waals surface area contributed by atoms with Gasteiger partial charge < -0.3 is 20.1 Å². The zero-order chi connectivity index (χ0) is 23.2. The first-order valence-corrected chi connectivity index (χ1v) is 11.4. The van der Waals surface area contributed by atoms with E-state index in [1.165, 1.54) is 11.3 Å². The van der Waals surface area contributed by atoms with Crippen molar-refractivity contribution >= 4 is 29.3 Å². The maximum atomic E-state index is 13.3. The molecule has 2 amide bonds. The third-order valence-corrected chi connectivity index (χ3v) is 5.89. The van der Waals surface area contributed by atoms with Crippen LogP contribution in [0.15, 0.2) is 71.6 Å². The summed E-state index contributed by atoms with van der Waals surface area (Å²) in [5.74, 6) is -1.13. The maximum absolute atomic E-state index is 13.3. The molecule has 0 aliphatic carbocycles. The minimum atomic E-state index is -1.00. The zero-order valence-corrected chi connectivity index (χ0v) is 18.7. The van der Waals surface area contributed by atoms with Gasteiger partial charge in [-0.2, -0.15) is 0 Å². The molecule has 170 valence electrons. The summed E-state index contributed by atoms with van der Waals surface area (Å²) in [4.78, 5) is 41.9. The molecule has 8 nitrogen and oxygen atoms in total. The van der Waals surface area contributed by atoms with Crippen LogP contribution in [0.3, 0.4) is 0 Å². The fourth-order valence-corrected chi connectivity index (χ4v) is 4.15. The lowest BCUT2D eigenvalue weighted by Crippen LogP contribution is -2.52. The zero-order valence-electron chi connectivity index (χ0n) is 17.8. The first-order valence-electron chi connectivity index (χ1n) is 10.5. The van der Waals surface area contributed by atoms with Gasteiger partial charge in [0.15, 0.2) is 6.10 Å². The Morgan fingerprint density at radius 2 is 1.76 bits per heavy atom. The van der Waals surface area contributed by atoms with E-state index in [0.717, 1.165) is 11.1 Å². The molecule has 0 saturated carbocycles. The largest absolute Gasteiger partial charge is 0.451 e. The summed E-state index contributed by atoms with van der Waals surface area (Å²) in [5.41, 5.74) is 3.92. The van der Waals surface area contributed by atoms with Gasteiger partial charge in [-0.25, -0.2) is 14.6 Å². The lowest BCUT2D eigenvalue weighted by molar-refractivity contribution is -0.151. The number of cyclic esters (lactones) is 1. The molecule has 1 aromatic heterocycles. The number of rotatable bonds is 8. The van der Waals surface area contributed by atoms with Gasteiger partial charge in [0.1, 0.15) is 18.2 Å². The Morgan fingerprint density at radius 3 is 2.27 bits per heavy atom. The molecule has 1 aliphatic rings. The molecule has 4 rings (SSSR count). The Hall–Kier alpha value is -3.72. The quantitative estimate of drug-likeness (QED) is 0.496. The van der Waals surface area contributed by atoms with Crippen LogP contribution >= 0.6 is 11.3 Å². The van der Waals surface area contributed by atoms with Crippen molar-refractivity contribution in [2.75, 3.05) is 0 Å². The number of alkyl carbamates (subject to hydrolysis) is 1. The number of benzene rings is 2. The van der Waals surface area contributed by atoms with Gasteiger partial charge in [-0.1, -0.05) is 60.7 Å². The second-order valence-corrected chi connectivity index (χ2v) is 8.33. The van der Waals surface area contributed by atoms with Crippen LogP contribution in [0, 0.1) is 0 Å². The van der Waals surface area contributed by atoms with E-state index in [9.17, 15) is 14.4 Å². The van der Waals surface area contributed by atoms with Crippen LogP contribution in [0.2, 0.25) is 0 Å². The van der Waals surface area contributed by atoms with Gasteiger partial charge in [0.25, 0.3) is 0 Å². The van der Waals surface area contributed by atoms with Gasteiger partial charge in [0.05, 0.1) is 11.2 Å². The average Bonchev–Trinajstić information content (AvgIpc) is 3.46. The summed E-state index contributed by atoms with van der Waals surface area (Å²) < 4.78 is 10.9. The molecule has 0 spiro atoms. The molecule has 2 heterocycles. The van der Waals surface area contributed by atoms with E-state index in [2.05, 4.69) is 15.6 Å². The van der Waals surface area contributed by atoms with Gasteiger partial charge in [0, 0.05) is 11.8 Å². The molecular weight excluding hydrogens is 442 g/mol. The third kappa shape index (κ3) is 5.56. The maximum Gasteiger partial charge on any atom is 0.408 e. The number of amides is 2. The minimum absolute atomic E-state index is 0.153. The number of ether oxygens (including phenoxy) is 2. The van der Waals surface area contributed by atoms with E-state index in [0.29, 0.717) is 5.69 Å². The van der Waals surface area contributed by atoms with Gasteiger partial charge >= 0.3 is 12.1 Å². The molecule has 0 bridgehead atoms. The van der Waals surface area contributed by atoms with Crippen LogP contribution in [0.1, 0.15) is 29.8 Å². The molecule has 0 radical (unpaired) electrons. The predicted molar refractivity (Wildman–Crippen MR) is 121 cm³/mol. The highest BCUT2D eigenvalue weighted by Gasteiger charge is 2.38. The smallest absolute Gasteiger partial charge is 0.408 e. The number of nitrogens with one attached hydrogen (secondary N) is 2. The number of esters is 1. The Balaban J connectivity index is 1.56. The van der Waals surface area contributed by atoms with Crippen LogP contribution in [0.25, 0.3) is 0 Å². The topological polar surface area (TPSA) is 107 Å². The van der Waals surface area contributed by atoms with Gasteiger partial charge in [-0.05, 0) is 18.1 Å². The molecule has 2 N–H and O–H groups in total. The predicted octanol–water partition coefficient (Wildman–Crippen LogP) is 3.00. The third-order valence-electron chi connectivity index (χ3n) is 5.25. The van der Waals surface area contributed by atoms with E-state index in [-0.39, 0.29) is 6.42 Å². The van der Waals surface area contributed by atoms with Crippen LogP contribution in [-0.2, 0) is 25.5 Å². The fraction of sp³-hybridized carbons (Fsp3) is 0.250. The van der Waals surface area contributed by atoms with E-state index in [4.69, 9.17) is 9.47 Å². The van der Waals surface area contributed by atoms with Crippen molar-refractivity contribution < 1.29 is 23.9 Å². The van der Waals surface area contributed by atoms with Crippen molar-refractivity contribution in [3.05, 3.63) is 88.4 Å². The van der Waals surface area contributed by atoms with E-state index in [1.807, 2.05) is 60.7 Å². The highest BCUT2D eigenvalue weighted by Crippen LogP contribution is 2.26. The van der Waals surface area contributed by atoms with Crippen molar-refractivity contribution in [1.82, 2.24) is 15.6 Å². The lowest BCUT2D eigenvalue weighted by Gasteiger charge is -2.24. The summed E-state index contributed by atoms with van der Waals surface area (Å²) in [7, 11) is 0. The molecule has 1 saturated heterocycles. The molecule has 0 unspecified atom stereocenters. The van der Waals surface area contributed by atoms with Crippen molar-refractivity contribution in [2.24, 2.45) is 0 Å². The number of thiazole rings is 1. The SMILES string of the molecule is C[C@@H]1OC(=O)N[C@@H]1C(=O)N[C@@H](Cc1cscn1)C(=O)OC(c1ccccc1)c1ccccc1. The normalized spacial score (nSPS) is 18.3. The van der Waals surface area contributed by atoms with E-state index < -0.39 is 42.3 Å². The Kier molecular flexibility index (Phi) is 6.99. The highest BCUT2D eigenvalue weighted by atomic mass is 32.1. The molecule has 1 fully saturated rings. The molecule has 9 heteroatoms. The number of hydrogen-bond donors (Lipinski definition) is 2. The molecule has 2 aromatic carbocycles. The molecule has 1 aliphatic heterocycles. The second-order valence-electron chi connectivity index (χ2n) is 7.62. The minimum Gasteiger partial charge on any atom is -0.451 e. The van der Waals surface area contributed by atoms with Crippen LogP contribution in [-0.4, -0.2) is 41.1 Å². The number of carbonyl (C=O) groups excluding carboxylic acids is 3. The summed E-state index contributed by atoms with van der Waals surface area (Å²) in [6.07, 6.45) is -1.83. The summed E-state index contributed by atoms with van der Waals surface area (Å²) in [5, 5.41) is 6.98. The van der Waals surface area contributed by atoms with Crippen molar-refractivity contribution in [3.63, 3.8) is 0 Å². The molecule has 3 atom stereocenters. The van der Waals surface area contributed by atoms with E-state index >= 15 is 0 Å². The lowest BCUT2D eigenvalue weighted by atomic mass is 10.0. The van der Waals surface area contributed by atoms with E-state index in [1.54, 1.807) is 17.8 Å². The molecule has 33 heavy (non-hydrogen) atoms. The second kappa shape index (κ2) is 10.3. The number of nitrogens with zero attached hydrogens (tertiary/aromatic N) is 1. The summed E-state index contributed by atoms with van der Waals surface area (Å²) in [6.45, 7) is 1.61. The summed E-state index contributed by atoms with van der Waals surface area (Å²) >= 11 is 1.39. The van der Waals surface area contributed by atoms with Crippen LogP contribution in [0.4, 0.5) is 4.79 Å².